The summed E-state index contributed by atoms with van der Waals surface area (Å²) in [6.45, 7) is 1.74. The van der Waals surface area contributed by atoms with Gasteiger partial charge in [-0.2, -0.15) is 13.2 Å². The molecular weight excluding hydrogens is 489 g/mol. The average Bonchev–Trinajstić information content (AvgIpc) is 3.19. The van der Waals surface area contributed by atoms with Crippen molar-refractivity contribution >= 4 is 38.2 Å². The lowest BCUT2D eigenvalue weighted by Crippen LogP contribution is -2.35. The lowest BCUT2D eigenvalue weighted by atomic mass is 10.1. The van der Waals surface area contributed by atoms with Gasteiger partial charge in [0.1, 0.15) is 6.54 Å². The quantitative estimate of drug-likeness (QED) is 0.422. The molecule has 0 atom stereocenters. The van der Waals surface area contributed by atoms with Gasteiger partial charge >= 0.3 is 12.2 Å². The third-order valence-electron chi connectivity index (χ3n) is 4.62. The fourth-order valence-electron chi connectivity index (χ4n) is 3.05. The van der Waals surface area contributed by atoms with Crippen LogP contribution in [-0.4, -0.2) is 38.7 Å². The Morgan fingerprint density at radius 3 is 2.26 bits per heavy atom. The van der Waals surface area contributed by atoms with Crippen LogP contribution in [0, 0.1) is 6.92 Å². The SMILES string of the molecule is CCCN(C(=O)Nc1ccc(-c2ccccc2)cc1)c1nc(C)c(S(=O)(=O)NCC(F)(F)F)s1. The topological polar surface area (TPSA) is 91.4 Å². The number of amides is 2. The summed E-state index contributed by atoms with van der Waals surface area (Å²) in [5.41, 5.74) is 2.54. The van der Waals surface area contributed by atoms with Crippen LogP contribution in [0.3, 0.4) is 0 Å². The van der Waals surface area contributed by atoms with Crippen LogP contribution in [0.25, 0.3) is 11.1 Å². The van der Waals surface area contributed by atoms with Crippen molar-refractivity contribution < 1.29 is 26.4 Å². The summed E-state index contributed by atoms with van der Waals surface area (Å²) in [7, 11) is -4.44. The number of hydrogen-bond donors (Lipinski definition) is 2. The first kappa shape index (κ1) is 25.7. The van der Waals surface area contributed by atoms with Gasteiger partial charge < -0.3 is 5.32 Å². The molecule has 12 heteroatoms. The molecular formula is C22H23F3N4O3S2. The Morgan fingerprint density at radius 1 is 1.06 bits per heavy atom. The number of carbonyl (C=O) groups is 1. The maximum atomic E-state index is 13.0. The highest BCUT2D eigenvalue weighted by molar-refractivity contribution is 7.91. The van der Waals surface area contributed by atoms with Crippen LogP contribution >= 0.6 is 11.3 Å². The molecule has 2 N–H and O–H groups in total. The highest BCUT2D eigenvalue weighted by Gasteiger charge is 2.32. The lowest BCUT2D eigenvalue weighted by Gasteiger charge is -2.19. The van der Waals surface area contributed by atoms with Gasteiger partial charge in [-0.15, -0.1) is 0 Å². The van der Waals surface area contributed by atoms with Crippen molar-refractivity contribution in [2.24, 2.45) is 0 Å². The molecule has 3 aromatic rings. The number of rotatable bonds is 8. The number of thiazole rings is 1. The van der Waals surface area contributed by atoms with Gasteiger partial charge in [0.25, 0.3) is 10.0 Å². The maximum absolute atomic E-state index is 13.0. The first-order chi connectivity index (χ1) is 16.0. The Bertz CT molecular complexity index is 1230. The van der Waals surface area contributed by atoms with Crippen molar-refractivity contribution in [1.29, 1.82) is 0 Å². The van der Waals surface area contributed by atoms with E-state index in [4.69, 9.17) is 0 Å². The Labute approximate surface area is 199 Å². The van der Waals surface area contributed by atoms with Crippen molar-refractivity contribution in [3.63, 3.8) is 0 Å². The molecule has 0 aliphatic heterocycles. The third kappa shape index (κ3) is 6.55. The predicted molar refractivity (Wildman–Crippen MR) is 127 cm³/mol. The van der Waals surface area contributed by atoms with E-state index in [0.717, 1.165) is 11.1 Å². The van der Waals surface area contributed by atoms with Crippen molar-refractivity contribution in [1.82, 2.24) is 9.71 Å². The van der Waals surface area contributed by atoms with E-state index in [0.29, 0.717) is 23.4 Å². The van der Waals surface area contributed by atoms with E-state index in [2.05, 4.69) is 10.3 Å². The zero-order valence-electron chi connectivity index (χ0n) is 18.4. The number of aromatic nitrogens is 1. The molecule has 0 aliphatic rings. The smallest absolute Gasteiger partial charge is 0.307 e. The van der Waals surface area contributed by atoms with Crippen LogP contribution in [0.1, 0.15) is 19.0 Å². The van der Waals surface area contributed by atoms with Crippen LogP contribution < -0.4 is 14.9 Å². The second-order valence-electron chi connectivity index (χ2n) is 7.33. The van der Waals surface area contributed by atoms with Crippen molar-refractivity contribution in [3.05, 3.63) is 60.3 Å². The van der Waals surface area contributed by atoms with Gasteiger partial charge in [-0.1, -0.05) is 60.7 Å². The molecule has 0 bridgehead atoms. The van der Waals surface area contributed by atoms with Gasteiger partial charge in [0.05, 0.1) is 5.69 Å². The fraction of sp³-hybridized carbons (Fsp3) is 0.273. The monoisotopic (exact) mass is 512 g/mol. The Kier molecular flexibility index (Phi) is 7.95. The summed E-state index contributed by atoms with van der Waals surface area (Å²) in [5.74, 6) is 0. The van der Waals surface area contributed by atoms with Gasteiger partial charge in [0.2, 0.25) is 0 Å². The molecule has 0 spiro atoms. The molecule has 2 amide bonds. The molecule has 0 radical (unpaired) electrons. The average molecular weight is 513 g/mol. The minimum absolute atomic E-state index is 0.00999. The highest BCUT2D eigenvalue weighted by atomic mass is 32.2. The number of sulfonamides is 1. The highest BCUT2D eigenvalue weighted by Crippen LogP contribution is 2.31. The number of carbonyl (C=O) groups excluding carboxylic acids is 1. The summed E-state index contributed by atoms with van der Waals surface area (Å²) in [6, 6.07) is 16.4. The predicted octanol–water partition coefficient (Wildman–Crippen LogP) is 5.41. The molecule has 7 nitrogen and oxygen atoms in total. The number of halogens is 3. The molecule has 182 valence electrons. The zero-order chi connectivity index (χ0) is 24.9. The van der Waals surface area contributed by atoms with Crippen LogP contribution in [0.4, 0.5) is 28.8 Å². The lowest BCUT2D eigenvalue weighted by molar-refractivity contribution is -0.121. The number of benzene rings is 2. The van der Waals surface area contributed by atoms with E-state index in [-0.39, 0.29) is 21.6 Å². The first-order valence-corrected chi connectivity index (χ1v) is 12.6. The van der Waals surface area contributed by atoms with E-state index < -0.39 is 28.8 Å². The zero-order valence-corrected chi connectivity index (χ0v) is 20.0. The fourth-order valence-corrected chi connectivity index (χ4v) is 5.64. The number of nitrogens with one attached hydrogen (secondary N) is 2. The van der Waals surface area contributed by atoms with E-state index in [9.17, 15) is 26.4 Å². The van der Waals surface area contributed by atoms with Gasteiger partial charge in [-0.3, -0.25) is 4.90 Å². The normalized spacial score (nSPS) is 11.9. The molecule has 1 heterocycles. The van der Waals surface area contributed by atoms with Crippen molar-refractivity contribution in [3.8, 4) is 11.1 Å². The Hall–Kier alpha value is -2.96. The molecule has 0 fully saturated rings. The third-order valence-corrected chi connectivity index (χ3v) is 7.81. The number of nitrogens with zero attached hydrogens (tertiary/aromatic N) is 2. The van der Waals surface area contributed by atoms with Gasteiger partial charge in [-0.25, -0.2) is 22.9 Å². The Morgan fingerprint density at radius 2 is 1.68 bits per heavy atom. The molecule has 2 aromatic carbocycles. The summed E-state index contributed by atoms with van der Waals surface area (Å²) >= 11 is 0.640. The Balaban J connectivity index is 1.78. The molecule has 1 aromatic heterocycles. The van der Waals surface area contributed by atoms with Crippen LogP contribution in [0.5, 0.6) is 0 Å². The van der Waals surface area contributed by atoms with Gasteiger partial charge in [0, 0.05) is 12.2 Å². The minimum Gasteiger partial charge on any atom is -0.307 e. The van der Waals surface area contributed by atoms with Crippen LogP contribution in [-0.2, 0) is 10.0 Å². The van der Waals surface area contributed by atoms with E-state index in [1.807, 2.05) is 49.4 Å². The van der Waals surface area contributed by atoms with E-state index in [1.165, 1.54) is 16.5 Å². The summed E-state index contributed by atoms with van der Waals surface area (Å²) in [5, 5.41) is 2.83. The summed E-state index contributed by atoms with van der Waals surface area (Å²) in [4.78, 5) is 18.4. The van der Waals surface area contributed by atoms with E-state index >= 15 is 0 Å². The van der Waals surface area contributed by atoms with Gasteiger partial charge in [0.15, 0.2) is 9.34 Å². The number of hydrogen-bond acceptors (Lipinski definition) is 5. The minimum atomic E-state index is -4.70. The number of aryl methyl sites for hydroxylation is 1. The van der Waals surface area contributed by atoms with Gasteiger partial charge in [-0.05, 0) is 36.6 Å². The number of urea groups is 1. The van der Waals surface area contributed by atoms with E-state index in [1.54, 1.807) is 12.1 Å². The molecule has 0 saturated heterocycles. The summed E-state index contributed by atoms with van der Waals surface area (Å²) in [6.07, 6.45) is -4.15. The first-order valence-electron chi connectivity index (χ1n) is 10.3. The van der Waals surface area contributed by atoms with Crippen molar-refractivity contribution in [2.75, 3.05) is 23.3 Å². The largest absolute Gasteiger partial charge is 0.402 e. The molecule has 3 rings (SSSR count). The molecule has 0 saturated carbocycles. The second kappa shape index (κ2) is 10.5. The molecule has 0 unspecified atom stereocenters. The number of alkyl halides is 3. The van der Waals surface area contributed by atoms with Crippen LogP contribution in [0.2, 0.25) is 0 Å². The van der Waals surface area contributed by atoms with Crippen LogP contribution in [0.15, 0.2) is 58.8 Å². The van der Waals surface area contributed by atoms with Crippen molar-refractivity contribution in [2.45, 2.75) is 30.7 Å². The molecule has 34 heavy (non-hydrogen) atoms. The second-order valence-corrected chi connectivity index (χ2v) is 10.3. The molecule has 0 aliphatic carbocycles. The summed E-state index contributed by atoms with van der Waals surface area (Å²) < 4.78 is 63.3. The maximum Gasteiger partial charge on any atom is 0.402 e. The standard InChI is InChI=1S/C22H23F3N4O3S2/c1-3-13-29(21-27-15(2)19(33-21)34(31,32)26-14-22(23,24)25)20(30)28-18-11-9-17(10-12-18)16-7-5-4-6-8-16/h4-12,26H,3,13-14H2,1-2H3,(H,28,30). The number of anilines is 2.